The molecule has 0 saturated heterocycles. The van der Waals surface area contributed by atoms with Gasteiger partial charge in [0.25, 0.3) is 0 Å². The Hall–Kier alpha value is -1.72. The van der Waals surface area contributed by atoms with E-state index < -0.39 is 23.6 Å². The molecular weight excluding hydrogens is 259 g/mol. The number of benzene rings is 1. The van der Waals surface area contributed by atoms with Crippen LogP contribution >= 0.6 is 0 Å². The summed E-state index contributed by atoms with van der Waals surface area (Å²) in [5.74, 6) is -1.56. The molecule has 0 spiro atoms. The predicted molar refractivity (Wildman–Crippen MR) is 65.9 cm³/mol. The molecule has 0 aliphatic rings. The minimum absolute atomic E-state index is 0.0561. The molecular formula is C13H16F3NO2. The Balaban J connectivity index is 2.66. The highest BCUT2D eigenvalue weighted by Gasteiger charge is 2.30. The molecule has 1 rings (SSSR count). The molecule has 1 aromatic rings. The molecule has 0 heterocycles. The van der Waals surface area contributed by atoms with Gasteiger partial charge in [-0.15, -0.1) is 0 Å². The van der Waals surface area contributed by atoms with Crippen LogP contribution in [0.4, 0.5) is 18.9 Å². The zero-order valence-corrected chi connectivity index (χ0v) is 10.7. The molecule has 0 aliphatic carbocycles. The topological polar surface area (TPSA) is 49.3 Å². The van der Waals surface area contributed by atoms with Crippen LogP contribution in [-0.2, 0) is 11.0 Å². The Morgan fingerprint density at radius 2 is 1.79 bits per heavy atom. The average Bonchev–Trinajstić information content (AvgIpc) is 2.27. The van der Waals surface area contributed by atoms with Gasteiger partial charge in [-0.25, -0.2) is 0 Å². The van der Waals surface area contributed by atoms with Crippen LogP contribution in [0.25, 0.3) is 0 Å². The normalized spacial score (nSPS) is 13.4. The van der Waals surface area contributed by atoms with Crippen molar-refractivity contribution in [1.29, 1.82) is 0 Å². The Morgan fingerprint density at radius 3 is 2.16 bits per heavy atom. The third-order valence-electron chi connectivity index (χ3n) is 2.86. The lowest BCUT2D eigenvalue weighted by molar-refractivity contribution is -0.142. The van der Waals surface area contributed by atoms with Crippen LogP contribution in [0.5, 0.6) is 0 Å². The lowest BCUT2D eigenvalue weighted by atomic mass is 9.96. The van der Waals surface area contributed by atoms with Crippen molar-refractivity contribution in [3.05, 3.63) is 29.8 Å². The summed E-state index contributed by atoms with van der Waals surface area (Å²) in [6.45, 7) is 3.75. The van der Waals surface area contributed by atoms with Gasteiger partial charge >= 0.3 is 12.1 Å². The maximum absolute atomic E-state index is 12.3. The lowest BCUT2D eigenvalue weighted by Gasteiger charge is -2.17. The third kappa shape index (κ3) is 4.46. The highest BCUT2D eigenvalue weighted by Crippen LogP contribution is 2.29. The highest BCUT2D eigenvalue weighted by molar-refractivity contribution is 5.71. The van der Waals surface area contributed by atoms with Crippen LogP contribution < -0.4 is 5.32 Å². The fourth-order valence-corrected chi connectivity index (χ4v) is 1.61. The molecule has 106 valence electrons. The number of aliphatic carboxylic acids is 1. The molecule has 0 aliphatic heterocycles. The van der Waals surface area contributed by atoms with Crippen molar-refractivity contribution in [2.45, 2.75) is 20.0 Å². The minimum atomic E-state index is -4.36. The summed E-state index contributed by atoms with van der Waals surface area (Å²) in [5, 5.41) is 11.8. The molecule has 0 saturated carbocycles. The molecule has 19 heavy (non-hydrogen) atoms. The summed E-state index contributed by atoms with van der Waals surface area (Å²) in [6, 6.07) is 4.52. The number of halogens is 3. The number of nitrogens with one attached hydrogen (secondary N) is 1. The largest absolute Gasteiger partial charge is 0.481 e. The van der Waals surface area contributed by atoms with Gasteiger partial charge in [0.1, 0.15) is 0 Å². The zero-order valence-electron chi connectivity index (χ0n) is 10.7. The molecule has 0 aromatic heterocycles. The Labute approximate surface area is 109 Å². The van der Waals surface area contributed by atoms with Crippen LogP contribution in [0.3, 0.4) is 0 Å². The van der Waals surface area contributed by atoms with Crippen LogP contribution in [0, 0.1) is 11.8 Å². The number of carbonyl (C=O) groups is 1. The van der Waals surface area contributed by atoms with Gasteiger partial charge in [0, 0.05) is 12.2 Å². The second kappa shape index (κ2) is 5.95. The first-order valence-electron chi connectivity index (χ1n) is 5.85. The summed E-state index contributed by atoms with van der Waals surface area (Å²) < 4.78 is 37.0. The first-order chi connectivity index (χ1) is 8.71. The van der Waals surface area contributed by atoms with Crippen LogP contribution in [0.1, 0.15) is 19.4 Å². The zero-order chi connectivity index (χ0) is 14.6. The summed E-state index contributed by atoms with van der Waals surface area (Å²) in [6.07, 6.45) is -4.36. The summed E-state index contributed by atoms with van der Waals surface area (Å²) in [4.78, 5) is 11.0. The Bertz CT molecular complexity index is 427. The van der Waals surface area contributed by atoms with Gasteiger partial charge in [-0.1, -0.05) is 13.8 Å². The SMILES string of the molecule is CC(C)C(CNc1ccc(C(F)(F)F)cc1)C(=O)O. The fraction of sp³-hybridized carbons (Fsp3) is 0.462. The lowest BCUT2D eigenvalue weighted by Crippen LogP contribution is -2.27. The van der Waals surface area contributed by atoms with E-state index in [9.17, 15) is 18.0 Å². The molecule has 1 atom stereocenters. The average molecular weight is 275 g/mol. The van der Waals surface area contributed by atoms with E-state index in [0.717, 1.165) is 12.1 Å². The first kappa shape index (κ1) is 15.3. The van der Waals surface area contributed by atoms with Gasteiger partial charge < -0.3 is 10.4 Å². The molecule has 0 bridgehead atoms. The molecule has 1 unspecified atom stereocenters. The smallest absolute Gasteiger partial charge is 0.416 e. The standard InChI is InChI=1S/C13H16F3NO2/c1-8(2)11(12(18)19)7-17-10-5-3-9(4-6-10)13(14,15)16/h3-6,8,11,17H,7H2,1-2H3,(H,18,19). The van der Waals surface area contributed by atoms with E-state index in [1.807, 2.05) is 0 Å². The van der Waals surface area contributed by atoms with Gasteiger partial charge in [-0.05, 0) is 30.2 Å². The van der Waals surface area contributed by atoms with Gasteiger partial charge in [0.2, 0.25) is 0 Å². The molecule has 0 amide bonds. The van der Waals surface area contributed by atoms with Crippen molar-refractivity contribution < 1.29 is 23.1 Å². The quantitative estimate of drug-likeness (QED) is 0.865. The Kier molecular flexibility index (Phi) is 4.80. The number of alkyl halides is 3. The van der Waals surface area contributed by atoms with E-state index in [0.29, 0.717) is 5.69 Å². The van der Waals surface area contributed by atoms with E-state index in [-0.39, 0.29) is 12.5 Å². The first-order valence-corrected chi connectivity index (χ1v) is 5.85. The van der Waals surface area contributed by atoms with E-state index in [2.05, 4.69) is 5.32 Å². The highest BCUT2D eigenvalue weighted by atomic mass is 19.4. The van der Waals surface area contributed by atoms with E-state index in [4.69, 9.17) is 5.11 Å². The maximum atomic E-state index is 12.3. The van der Waals surface area contributed by atoms with Gasteiger partial charge in [0.05, 0.1) is 11.5 Å². The number of anilines is 1. The van der Waals surface area contributed by atoms with E-state index in [1.165, 1.54) is 12.1 Å². The second-order valence-corrected chi connectivity index (χ2v) is 4.64. The molecule has 0 radical (unpaired) electrons. The number of hydrogen-bond acceptors (Lipinski definition) is 2. The summed E-state index contributed by atoms with van der Waals surface area (Å²) >= 11 is 0. The van der Waals surface area contributed by atoms with Crippen molar-refractivity contribution in [2.24, 2.45) is 11.8 Å². The van der Waals surface area contributed by atoms with Crippen LogP contribution in [0.2, 0.25) is 0 Å². The Morgan fingerprint density at radius 1 is 1.26 bits per heavy atom. The van der Waals surface area contributed by atoms with Crippen molar-refractivity contribution in [3.8, 4) is 0 Å². The van der Waals surface area contributed by atoms with Crippen molar-refractivity contribution in [2.75, 3.05) is 11.9 Å². The number of carboxylic acids is 1. The molecule has 2 N–H and O–H groups in total. The van der Waals surface area contributed by atoms with Crippen LogP contribution in [0.15, 0.2) is 24.3 Å². The molecule has 6 heteroatoms. The fourth-order valence-electron chi connectivity index (χ4n) is 1.61. The molecule has 3 nitrogen and oxygen atoms in total. The van der Waals surface area contributed by atoms with Gasteiger partial charge in [-0.2, -0.15) is 13.2 Å². The summed E-state index contributed by atoms with van der Waals surface area (Å²) in [5.41, 5.74) is -0.253. The van der Waals surface area contributed by atoms with Gasteiger partial charge in [-0.3, -0.25) is 4.79 Å². The van der Waals surface area contributed by atoms with Crippen LogP contribution in [-0.4, -0.2) is 17.6 Å². The molecule has 0 fully saturated rings. The maximum Gasteiger partial charge on any atom is 0.416 e. The number of carboxylic acid groups (broad SMARTS) is 1. The number of hydrogen-bond donors (Lipinski definition) is 2. The minimum Gasteiger partial charge on any atom is -0.481 e. The molecule has 1 aromatic carbocycles. The summed E-state index contributed by atoms with van der Waals surface area (Å²) in [7, 11) is 0. The van der Waals surface area contributed by atoms with Crippen molar-refractivity contribution in [1.82, 2.24) is 0 Å². The number of rotatable bonds is 5. The van der Waals surface area contributed by atoms with E-state index >= 15 is 0 Å². The van der Waals surface area contributed by atoms with Gasteiger partial charge in [0.15, 0.2) is 0 Å². The third-order valence-corrected chi connectivity index (χ3v) is 2.86. The van der Waals surface area contributed by atoms with Crippen molar-refractivity contribution >= 4 is 11.7 Å². The van der Waals surface area contributed by atoms with E-state index in [1.54, 1.807) is 13.8 Å². The monoisotopic (exact) mass is 275 g/mol. The predicted octanol–water partition coefficient (Wildman–Crippen LogP) is 3.47. The van der Waals surface area contributed by atoms with Crippen molar-refractivity contribution in [3.63, 3.8) is 0 Å². The second-order valence-electron chi connectivity index (χ2n) is 4.64.